The highest BCUT2D eigenvalue weighted by Gasteiger charge is 2.09. The van der Waals surface area contributed by atoms with E-state index in [1.807, 2.05) is 0 Å². The molecule has 1 atom stereocenters. The Morgan fingerprint density at radius 1 is 1.13 bits per heavy atom. The average Bonchev–Trinajstić information content (AvgIpc) is 2.28. The molecule has 0 nitrogen and oxygen atoms in total. The second kappa shape index (κ2) is 7.96. The van der Waals surface area contributed by atoms with Crippen molar-refractivity contribution in [3.63, 3.8) is 0 Å². The lowest BCUT2D eigenvalue weighted by atomic mass is 9.88. The summed E-state index contributed by atoms with van der Waals surface area (Å²) in [5.74, 6) is 1.71. The molecule has 0 saturated heterocycles. The van der Waals surface area contributed by atoms with Gasteiger partial charge < -0.3 is 0 Å². The minimum Gasteiger partial charge on any atom is -0.0854 e. The maximum atomic E-state index is 2.51. The summed E-state index contributed by atoms with van der Waals surface area (Å²) >= 11 is 0. The summed E-state index contributed by atoms with van der Waals surface area (Å²) in [4.78, 5) is 0. The average molecular weight is 208 g/mol. The van der Waals surface area contributed by atoms with E-state index in [-0.39, 0.29) is 0 Å². The zero-order valence-electron chi connectivity index (χ0n) is 10.7. The first-order valence-electron chi connectivity index (χ1n) is 7.01. The van der Waals surface area contributed by atoms with Crippen molar-refractivity contribution in [3.05, 3.63) is 12.2 Å². The highest BCUT2D eigenvalue weighted by molar-refractivity contribution is 4.92. The first-order valence-corrected chi connectivity index (χ1v) is 7.01. The molecule has 0 heterocycles. The van der Waals surface area contributed by atoms with Crippen molar-refractivity contribution in [1.82, 2.24) is 0 Å². The monoisotopic (exact) mass is 208 g/mol. The van der Waals surface area contributed by atoms with Gasteiger partial charge in [-0.05, 0) is 31.1 Å². The van der Waals surface area contributed by atoms with Gasteiger partial charge in [0.2, 0.25) is 0 Å². The van der Waals surface area contributed by atoms with Gasteiger partial charge in [-0.15, -0.1) is 0 Å². The number of rotatable bonds is 6. The molecule has 0 radical (unpaired) electrons. The van der Waals surface area contributed by atoms with Crippen molar-refractivity contribution in [2.45, 2.75) is 71.6 Å². The molecule has 0 N–H and O–H groups in total. The van der Waals surface area contributed by atoms with E-state index < -0.39 is 0 Å². The molecule has 0 heteroatoms. The molecular formula is C15H28. The van der Waals surface area contributed by atoms with Crippen LogP contribution in [0.3, 0.4) is 0 Å². The lowest BCUT2D eigenvalue weighted by molar-refractivity contribution is 0.417. The Morgan fingerprint density at radius 3 is 2.53 bits per heavy atom. The summed E-state index contributed by atoms with van der Waals surface area (Å²) in [6, 6.07) is 0. The van der Waals surface area contributed by atoms with E-state index in [1.54, 1.807) is 0 Å². The molecule has 15 heavy (non-hydrogen) atoms. The van der Waals surface area contributed by atoms with Crippen LogP contribution in [-0.2, 0) is 0 Å². The first-order chi connectivity index (χ1) is 7.33. The third kappa shape index (κ3) is 6.02. The largest absolute Gasteiger partial charge is 0.0854 e. The van der Waals surface area contributed by atoms with Crippen molar-refractivity contribution >= 4 is 0 Å². The zero-order valence-corrected chi connectivity index (χ0v) is 10.7. The Morgan fingerprint density at radius 2 is 1.87 bits per heavy atom. The van der Waals surface area contributed by atoms with Gasteiger partial charge in [-0.1, -0.05) is 64.5 Å². The molecule has 0 aromatic heterocycles. The minimum atomic E-state index is 0.804. The van der Waals surface area contributed by atoms with Crippen LogP contribution in [0.2, 0.25) is 0 Å². The Bertz CT molecular complexity index is 163. The van der Waals surface area contributed by atoms with Crippen LogP contribution in [0.15, 0.2) is 12.2 Å². The zero-order chi connectivity index (χ0) is 10.9. The van der Waals surface area contributed by atoms with E-state index in [2.05, 4.69) is 26.0 Å². The first kappa shape index (κ1) is 12.8. The van der Waals surface area contributed by atoms with Crippen LogP contribution in [-0.4, -0.2) is 0 Å². The quantitative estimate of drug-likeness (QED) is 0.408. The van der Waals surface area contributed by atoms with Crippen LogP contribution in [0.4, 0.5) is 0 Å². The minimum absolute atomic E-state index is 0.804. The lowest BCUT2D eigenvalue weighted by Crippen LogP contribution is -2.03. The fraction of sp³-hybridized carbons (Fsp3) is 0.867. The van der Waals surface area contributed by atoms with Crippen molar-refractivity contribution in [3.8, 4) is 0 Å². The topological polar surface area (TPSA) is 0 Å². The van der Waals surface area contributed by atoms with E-state index >= 15 is 0 Å². The number of allylic oxidation sites excluding steroid dienone is 2. The van der Waals surface area contributed by atoms with E-state index in [1.165, 1.54) is 57.8 Å². The molecular weight excluding hydrogens is 180 g/mol. The highest BCUT2D eigenvalue weighted by atomic mass is 14.2. The van der Waals surface area contributed by atoms with Crippen LogP contribution in [0.1, 0.15) is 71.6 Å². The summed E-state index contributed by atoms with van der Waals surface area (Å²) in [7, 11) is 0. The molecule has 0 spiro atoms. The van der Waals surface area contributed by atoms with Crippen LogP contribution in [0.5, 0.6) is 0 Å². The van der Waals surface area contributed by atoms with Gasteiger partial charge in [0.1, 0.15) is 0 Å². The van der Waals surface area contributed by atoms with E-state index in [4.69, 9.17) is 0 Å². The van der Waals surface area contributed by atoms with Gasteiger partial charge >= 0.3 is 0 Å². The number of hydrogen-bond donors (Lipinski definition) is 0. The summed E-state index contributed by atoms with van der Waals surface area (Å²) in [5.41, 5.74) is 0. The second-order valence-corrected chi connectivity index (χ2v) is 5.26. The molecule has 1 aliphatic rings. The Kier molecular flexibility index (Phi) is 6.80. The molecule has 1 aliphatic carbocycles. The molecule has 0 amide bonds. The van der Waals surface area contributed by atoms with Crippen LogP contribution in [0, 0.1) is 11.8 Å². The third-order valence-electron chi connectivity index (χ3n) is 3.62. The van der Waals surface area contributed by atoms with E-state index in [9.17, 15) is 0 Å². The SMILES string of the molecule is CCCCCC(C)/C=C/C1CCCCC1. The van der Waals surface area contributed by atoms with Crippen LogP contribution >= 0.6 is 0 Å². The standard InChI is InChI=1S/C15H28/c1-3-4-6-9-14(2)12-13-15-10-7-5-8-11-15/h12-15H,3-11H2,1-2H3/b13-12+. The van der Waals surface area contributed by atoms with E-state index in [0.29, 0.717) is 0 Å². The molecule has 88 valence electrons. The number of hydrogen-bond acceptors (Lipinski definition) is 0. The summed E-state index contributed by atoms with van der Waals surface area (Å²) < 4.78 is 0. The Balaban J connectivity index is 2.11. The Hall–Kier alpha value is -0.260. The van der Waals surface area contributed by atoms with Gasteiger partial charge in [0, 0.05) is 0 Å². The summed E-state index contributed by atoms with van der Waals surface area (Å²) in [5, 5.41) is 0. The maximum absolute atomic E-state index is 2.51. The molecule has 0 aliphatic heterocycles. The van der Waals surface area contributed by atoms with Crippen LogP contribution < -0.4 is 0 Å². The highest BCUT2D eigenvalue weighted by Crippen LogP contribution is 2.25. The molecule has 1 rings (SSSR count). The van der Waals surface area contributed by atoms with Crippen molar-refractivity contribution < 1.29 is 0 Å². The van der Waals surface area contributed by atoms with Gasteiger partial charge in [-0.2, -0.15) is 0 Å². The number of unbranched alkanes of at least 4 members (excludes halogenated alkanes) is 2. The molecule has 0 aromatic rings. The lowest BCUT2D eigenvalue weighted by Gasteiger charge is -2.18. The smallest absolute Gasteiger partial charge is 0.0233 e. The molecule has 0 bridgehead atoms. The maximum Gasteiger partial charge on any atom is -0.0233 e. The van der Waals surface area contributed by atoms with Gasteiger partial charge in [0.25, 0.3) is 0 Å². The van der Waals surface area contributed by atoms with Gasteiger partial charge in [0.05, 0.1) is 0 Å². The molecule has 0 aromatic carbocycles. The predicted molar refractivity (Wildman–Crippen MR) is 69.0 cm³/mol. The van der Waals surface area contributed by atoms with Gasteiger partial charge in [-0.3, -0.25) is 0 Å². The van der Waals surface area contributed by atoms with Crippen molar-refractivity contribution in [2.75, 3.05) is 0 Å². The summed E-state index contributed by atoms with van der Waals surface area (Å²) in [6.45, 7) is 4.65. The van der Waals surface area contributed by atoms with Gasteiger partial charge in [-0.25, -0.2) is 0 Å². The fourth-order valence-electron chi connectivity index (χ4n) is 2.49. The Labute approximate surface area is 96.2 Å². The van der Waals surface area contributed by atoms with Crippen LogP contribution in [0.25, 0.3) is 0 Å². The third-order valence-corrected chi connectivity index (χ3v) is 3.62. The van der Waals surface area contributed by atoms with Gasteiger partial charge in [0.15, 0.2) is 0 Å². The summed E-state index contributed by atoms with van der Waals surface area (Å²) in [6.07, 6.45) is 17.8. The fourth-order valence-corrected chi connectivity index (χ4v) is 2.49. The van der Waals surface area contributed by atoms with Crippen molar-refractivity contribution in [1.29, 1.82) is 0 Å². The molecule has 1 unspecified atom stereocenters. The predicted octanol–water partition coefficient (Wildman–Crippen LogP) is 5.34. The van der Waals surface area contributed by atoms with E-state index in [0.717, 1.165) is 11.8 Å². The van der Waals surface area contributed by atoms with Crippen molar-refractivity contribution in [2.24, 2.45) is 11.8 Å². The molecule has 1 fully saturated rings. The second-order valence-electron chi connectivity index (χ2n) is 5.26. The normalized spacial score (nSPS) is 20.9. The molecule has 1 saturated carbocycles.